The van der Waals surface area contributed by atoms with Crippen LogP contribution in [-0.2, 0) is 9.84 Å². The number of rotatable bonds is 5. The maximum absolute atomic E-state index is 12.7. The molecule has 5 heteroatoms. The van der Waals surface area contributed by atoms with Gasteiger partial charge in [-0.05, 0) is 36.1 Å². The Hall–Kier alpha value is -0.650. The zero-order valence-corrected chi connectivity index (χ0v) is 15.5. The molecule has 1 aromatic rings. The lowest BCUT2D eigenvalue weighted by Gasteiger charge is -2.14. The molecule has 0 saturated carbocycles. The molecule has 0 fully saturated rings. The highest BCUT2D eigenvalue weighted by Crippen LogP contribution is 2.31. The van der Waals surface area contributed by atoms with Gasteiger partial charge in [0.2, 0.25) is 9.84 Å². The molecule has 0 radical (unpaired) electrons. The Kier molecular flexibility index (Phi) is 6.63. The minimum atomic E-state index is -3.44. The van der Waals surface area contributed by atoms with Crippen LogP contribution in [0.15, 0.2) is 56.5 Å². The average Bonchev–Trinajstić information content (AvgIpc) is 2.42. The summed E-state index contributed by atoms with van der Waals surface area (Å²) in [6, 6.07) is 8.56. The van der Waals surface area contributed by atoms with Gasteiger partial charge in [-0.15, -0.1) is 23.5 Å². The summed E-state index contributed by atoms with van der Waals surface area (Å²) in [6.45, 7) is 6.30. The molecule has 1 rings (SSSR count). The average molecular weight is 343 g/mol. The van der Waals surface area contributed by atoms with Gasteiger partial charge in [-0.25, -0.2) is 8.42 Å². The van der Waals surface area contributed by atoms with E-state index in [0.29, 0.717) is 9.13 Å². The molecule has 0 saturated heterocycles. The number of hydrogen-bond acceptors (Lipinski definition) is 4. The van der Waals surface area contributed by atoms with Gasteiger partial charge < -0.3 is 0 Å². The molecule has 0 aromatic heterocycles. The quantitative estimate of drug-likeness (QED) is 0.708. The third kappa shape index (κ3) is 5.57. The van der Waals surface area contributed by atoms with Gasteiger partial charge in [0, 0.05) is 4.91 Å². The van der Waals surface area contributed by atoms with Gasteiger partial charge in [0.15, 0.2) is 0 Å². The molecule has 0 aliphatic rings. The Morgan fingerprint density at radius 2 is 1.62 bits per heavy atom. The lowest BCUT2D eigenvalue weighted by atomic mass is 9.96. The minimum absolute atomic E-state index is 0.00880. The standard InChI is InChI=1S/C16H22O2S3/c1-16(2,3)12-13(19-4)11-15(20-5)21(17,18)14-9-7-6-8-10-14/h6-12H,1-5H3/b13-12-,15-11+. The Morgan fingerprint density at radius 3 is 2.05 bits per heavy atom. The van der Waals surface area contributed by atoms with Crippen molar-refractivity contribution in [2.24, 2.45) is 5.41 Å². The van der Waals surface area contributed by atoms with E-state index in [1.807, 2.05) is 12.3 Å². The van der Waals surface area contributed by atoms with Gasteiger partial charge in [-0.2, -0.15) is 0 Å². The van der Waals surface area contributed by atoms with Crippen molar-refractivity contribution in [3.8, 4) is 0 Å². The third-order valence-electron chi connectivity index (χ3n) is 2.59. The van der Waals surface area contributed by atoms with Gasteiger partial charge in [0.25, 0.3) is 0 Å². The second-order valence-corrected chi connectivity index (χ2v) is 9.51. The van der Waals surface area contributed by atoms with E-state index < -0.39 is 9.84 Å². The van der Waals surface area contributed by atoms with Crippen molar-refractivity contribution in [1.29, 1.82) is 0 Å². The Morgan fingerprint density at radius 1 is 1.05 bits per heavy atom. The number of hydrogen-bond donors (Lipinski definition) is 0. The molecule has 21 heavy (non-hydrogen) atoms. The first-order chi connectivity index (χ1) is 9.70. The van der Waals surface area contributed by atoms with E-state index in [2.05, 4.69) is 26.8 Å². The van der Waals surface area contributed by atoms with Gasteiger partial charge in [-0.1, -0.05) is 45.0 Å². The summed E-state index contributed by atoms with van der Waals surface area (Å²) >= 11 is 2.82. The molecule has 0 bridgehead atoms. The van der Waals surface area contributed by atoms with Crippen molar-refractivity contribution < 1.29 is 8.42 Å². The van der Waals surface area contributed by atoms with E-state index in [1.165, 1.54) is 11.8 Å². The van der Waals surface area contributed by atoms with Crippen LogP contribution in [0, 0.1) is 5.41 Å². The predicted molar refractivity (Wildman–Crippen MR) is 96.3 cm³/mol. The number of thioether (sulfide) groups is 2. The highest BCUT2D eigenvalue weighted by molar-refractivity contribution is 8.18. The van der Waals surface area contributed by atoms with Crippen molar-refractivity contribution in [1.82, 2.24) is 0 Å². The second-order valence-electron chi connectivity index (χ2n) is 5.60. The fraction of sp³-hybridized carbons (Fsp3) is 0.375. The van der Waals surface area contributed by atoms with Crippen LogP contribution in [0.3, 0.4) is 0 Å². The fourth-order valence-electron chi connectivity index (χ4n) is 1.66. The molecule has 0 N–H and O–H groups in total. The van der Waals surface area contributed by atoms with E-state index in [1.54, 1.807) is 48.4 Å². The van der Waals surface area contributed by atoms with Crippen LogP contribution < -0.4 is 0 Å². The van der Waals surface area contributed by atoms with Crippen molar-refractivity contribution >= 4 is 33.4 Å². The number of allylic oxidation sites excluding steroid dienone is 2. The van der Waals surface area contributed by atoms with Crippen molar-refractivity contribution in [2.75, 3.05) is 12.5 Å². The second kappa shape index (κ2) is 7.56. The number of sulfone groups is 1. The van der Waals surface area contributed by atoms with Crippen LogP contribution in [0.5, 0.6) is 0 Å². The monoisotopic (exact) mass is 342 g/mol. The predicted octanol–water partition coefficient (Wildman–Crippen LogP) is 4.96. The highest BCUT2D eigenvalue weighted by atomic mass is 32.3. The minimum Gasteiger partial charge on any atom is -0.218 e. The third-order valence-corrected chi connectivity index (χ3v) is 6.52. The van der Waals surface area contributed by atoms with Gasteiger partial charge in [0.1, 0.15) is 4.24 Å². The molecule has 0 heterocycles. The Labute approximate surface area is 137 Å². The summed E-state index contributed by atoms with van der Waals surface area (Å²) in [5, 5.41) is 0. The van der Waals surface area contributed by atoms with E-state index in [4.69, 9.17) is 0 Å². The normalized spacial score (nSPS) is 14.3. The molecule has 2 nitrogen and oxygen atoms in total. The lowest BCUT2D eigenvalue weighted by molar-refractivity contribution is 0.543. The Balaban J connectivity index is 3.30. The molecule has 0 aliphatic carbocycles. The summed E-state index contributed by atoms with van der Waals surface area (Å²) in [4.78, 5) is 1.30. The van der Waals surface area contributed by atoms with Crippen molar-refractivity contribution in [2.45, 2.75) is 25.7 Å². The first-order valence-corrected chi connectivity index (χ1v) is 10.5. The summed E-state index contributed by atoms with van der Waals surface area (Å²) in [5.74, 6) is 0. The maximum Gasteiger partial charge on any atom is 0.212 e. The molecule has 0 spiro atoms. The van der Waals surface area contributed by atoms with E-state index >= 15 is 0 Å². The number of benzene rings is 1. The van der Waals surface area contributed by atoms with Gasteiger partial charge in [0.05, 0.1) is 4.90 Å². The highest BCUT2D eigenvalue weighted by Gasteiger charge is 2.20. The largest absolute Gasteiger partial charge is 0.218 e. The smallest absolute Gasteiger partial charge is 0.212 e. The maximum atomic E-state index is 12.7. The first-order valence-electron chi connectivity index (χ1n) is 6.53. The van der Waals surface area contributed by atoms with E-state index in [0.717, 1.165) is 4.91 Å². The molecule has 116 valence electrons. The van der Waals surface area contributed by atoms with Crippen LogP contribution in [0.2, 0.25) is 0 Å². The van der Waals surface area contributed by atoms with Gasteiger partial charge >= 0.3 is 0 Å². The molecule has 0 aliphatic heterocycles. The summed E-state index contributed by atoms with van der Waals surface area (Å²) < 4.78 is 25.7. The van der Waals surface area contributed by atoms with Crippen LogP contribution in [0.4, 0.5) is 0 Å². The fourth-order valence-corrected chi connectivity index (χ4v) is 4.96. The van der Waals surface area contributed by atoms with Crippen LogP contribution in [0.25, 0.3) is 0 Å². The zero-order chi connectivity index (χ0) is 16.1. The molecular formula is C16H22O2S3. The first kappa shape index (κ1) is 18.4. The molecule has 0 amide bonds. The topological polar surface area (TPSA) is 34.1 Å². The zero-order valence-electron chi connectivity index (χ0n) is 13.1. The lowest BCUT2D eigenvalue weighted by Crippen LogP contribution is -2.04. The van der Waals surface area contributed by atoms with E-state index in [-0.39, 0.29) is 5.41 Å². The van der Waals surface area contributed by atoms with Crippen LogP contribution >= 0.6 is 23.5 Å². The molecular weight excluding hydrogens is 320 g/mol. The Bertz CT molecular complexity index is 621. The van der Waals surface area contributed by atoms with E-state index in [9.17, 15) is 8.42 Å². The van der Waals surface area contributed by atoms with Crippen molar-refractivity contribution in [3.05, 3.63) is 51.6 Å². The summed E-state index contributed by atoms with van der Waals surface area (Å²) in [7, 11) is -3.44. The van der Waals surface area contributed by atoms with Crippen LogP contribution in [-0.4, -0.2) is 20.9 Å². The van der Waals surface area contributed by atoms with Crippen molar-refractivity contribution in [3.63, 3.8) is 0 Å². The molecule has 1 aromatic carbocycles. The molecule has 0 atom stereocenters. The SMILES string of the molecule is CSC(=C\C(C)(C)C)/C=C(\SC)S(=O)(=O)c1ccccc1. The molecule has 0 unspecified atom stereocenters. The van der Waals surface area contributed by atoms with Crippen LogP contribution in [0.1, 0.15) is 20.8 Å². The van der Waals surface area contributed by atoms with Gasteiger partial charge in [-0.3, -0.25) is 0 Å². The summed E-state index contributed by atoms with van der Waals surface area (Å²) in [6.07, 6.45) is 7.61. The summed E-state index contributed by atoms with van der Waals surface area (Å²) in [5.41, 5.74) is 0.00880.